The van der Waals surface area contributed by atoms with Gasteiger partial charge >= 0.3 is 0 Å². The summed E-state index contributed by atoms with van der Waals surface area (Å²) in [6.45, 7) is 2.71. The lowest BCUT2D eigenvalue weighted by atomic mass is 9.79. The Morgan fingerprint density at radius 3 is 2.66 bits per heavy atom. The van der Waals surface area contributed by atoms with Gasteiger partial charge in [0, 0.05) is 19.1 Å². The Hall–Kier alpha value is -2.42. The average molecular weight is 426 g/mol. The predicted molar refractivity (Wildman–Crippen MR) is 109 cm³/mol. The third-order valence-electron chi connectivity index (χ3n) is 5.00. The maximum absolute atomic E-state index is 13.7. The maximum Gasteiger partial charge on any atom is 0.258 e. The van der Waals surface area contributed by atoms with Crippen LogP contribution < -0.4 is 16.0 Å². The Kier molecular flexibility index (Phi) is 8.19. The Labute approximate surface area is 174 Å². The van der Waals surface area contributed by atoms with Crippen molar-refractivity contribution in [3.63, 3.8) is 0 Å². The van der Waals surface area contributed by atoms with Crippen molar-refractivity contribution in [2.24, 2.45) is 5.41 Å². The van der Waals surface area contributed by atoms with Gasteiger partial charge in [0.15, 0.2) is 0 Å². The minimum atomic E-state index is -0.548. The molecule has 3 N–H and O–H groups in total. The van der Waals surface area contributed by atoms with Gasteiger partial charge in [-0.1, -0.05) is 0 Å². The molecule has 0 unspecified atom stereocenters. The van der Waals surface area contributed by atoms with E-state index in [9.17, 15) is 14.0 Å². The highest BCUT2D eigenvalue weighted by molar-refractivity contribution is 6.08. The Morgan fingerprint density at radius 2 is 2.00 bits per heavy atom. The predicted octanol–water partition coefficient (Wildman–Crippen LogP) is 2.84. The van der Waals surface area contributed by atoms with Gasteiger partial charge in [-0.15, -0.1) is 12.4 Å². The van der Waals surface area contributed by atoms with E-state index in [1.807, 2.05) is 0 Å². The number of methoxy groups -OCH3 is 1. The van der Waals surface area contributed by atoms with Crippen molar-refractivity contribution in [1.29, 1.82) is 0 Å². The van der Waals surface area contributed by atoms with E-state index in [2.05, 4.69) is 16.0 Å². The Bertz CT molecular complexity index is 818. The molecular weight excluding hydrogens is 401 g/mol. The van der Waals surface area contributed by atoms with Crippen LogP contribution in [0.5, 0.6) is 0 Å². The fourth-order valence-electron chi connectivity index (χ4n) is 3.40. The van der Waals surface area contributed by atoms with Crippen LogP contribution in [-0.4, -0.2) is 45.2 Å². The third kappa shape index (κ3) is 5.79. The Balaban J connectivity index is 0.00000300. The van der Waals surface area contributed by atoms with Crippen LogP contribution in [0.4, 0.5) is 10.1 Å². The molecule has 1 aliphatic heterocycles. The van der Waals surface area contributed by atoms with E-state index in [-0.39, 0.29) is 40.5 Å². The van der Waals surface area contributed by atoms with E-state index in [1.165, 1.54) is 30.7 Å². The fraction of sp³-hybridized carbons (Fsp3) is 0.400. The summed E-state index contributed by atoms with van der Waals surface area (Å²) in [7, 11) is 1.65. The molecule has 1 fully saturated rings. The molecule has 1 aliphatic rings. The van der Waals surface area contributed by atoms with E-state index in [0.717, 1.165) is 32.0 Å². The first kappa shape index (κ1) is 22.9. The van der Waals surface area contributed by atoms with Crippen LogP contribution in [0.2, 0.25) is 0 Å². The molecule has 2 heterocycles. The summed E-state index contributed by atoms with van der Waals surface area (Å²) in [5, 5.41) is 8.80. The molecule has 158 valence electrons. The number of carbonyl (C=O) groups is 2. The summed E-state index contributed by atoms with van der Waals surface area (Å²) in [6, 6.07) is 5.17. The maximum atomic E-state index is 13.7. The second-order valence-electron chi connectivity index (χ2n) is 7.02. The van der Waals surface area contributed by atoms with Crippen LogP contribution in [0.15, 0.2) is 41.2 Å². The number of anilines is 1. The van der Waals surface area contributed by atoms with Crippen molar-refractivity contribution >= 4 is 29.9 Å². The fourth-order valence-corrected chi connectivity index (χ4v) is 3.40. The smallest absolute Gasteiger partial charge is 0.258 e. The molecule has 0 bridgehead atoms. The molecule has 0 aliphatic carbocycles. The van der Waals surface area contributed by atoms with Gasteiger partial charge in [0.1, 0.15) is 12.1 Å². The first-order chi connectivity index (χ1) is 13.5. The summed E-state index contributed by atoms with van der Waals surface area (Å²) in [6.07, 6.45) is 4.41. The highest BCUT2D eigenvalue weighted by atomic mass is 35.5. The molecule has 0 radical (unpaired) electrons. The molecule has 9 heteroatoms. The highest BCUT2D eigenvalue weighted by Gasteiger charge is 2.32. The average Bonchev–Trinajstić information content (AvgIpc) is 3.22. The number of benzene rings is 1. The monoisotopic (exact) mass is 425 g/mol. The second kappa shape index (κ2) is 10.4. The molecule has 1 aromatic carbocycles. The first-order valence-electron chi connectivity index (χ1n) is 9.14. The molecule has 0 atom stereocenters. The number of furan rings is 1. The number of rotatable bonds is 7. The molecule has 1 saturated heterocycles. The summed E-state index contributed by atoms with van der Waals surface area (Å²) in [5.74, 6) is -1.41. The third-order valence-corrected chi connectivity index (χ3v) is 5.00. The number of halogens is 2. The number of nitrogens with one attached hydrogen (secondary N) is 3. The summed E-state index contributed by atoms with van der Waals surface area (Å²) < 4.78 is 24.0. The van der Waals surface area contributed by atoms with Crippen molar-refractivity contribution in [1.82, 2.24) is 10.6 Å². The van der Waals surface area contributed by atoms with Crippen molar-refractivity contribution in [2.75, 3.05) is 38.7 Å². The number of hydrogen-bond donors (Lipinski definition) is 3. The highest BCUT2D eigenvalue weighted by Crippen LogP contribution is 2.28. The van der Waals surface area contributed by atoms with Gasteiger partial charge in [0.05, 0.1) is 29.7 Å². The Morgan fingerprint density at radius 1 is 1.24 bits per heavy atom. The molecule has 2 aromatic rings. The van der Waals surface area contributed by atoms with Crippen LogP contribution in [0, 0.1) is 11.2 Å². The largest absolute Gasteiger partial charge is 0.472 e. The molecule has 0 saturated carbocycles. The number of piperidine rings is 1. The van der Waals surface area contributed by atoms with Crippen molar-refractivity contribution < 1.29 is 23.1 Å². The summed E-state index contributed by atoms with van der Waals surface area (Å²) in [5.41, 5.74) is 0.439. The minimum Gasteiger partial charge on any atom is -0.472 e. The second-order valence-corrected chi connectivity index (χ2v) is 7.02. The minimum absolute atomic E-state index is 0. The number of hydrogen-bond acceptors (Lipinski definition) is 5. The number of amides is 2. The molecule has 3 rings (SSSR count). The van der Waals surface area contributed by atoms with Crippen molar-refractivity contribution in [3.05, 3.63) is 53.7 Å². The SMILES string of the molecule is COCC1(CNC(=O)c2ccc(F)cc2NC(=O)c2ccoc2)CCNCC1.Cl. The summed E-state index contributed by atoms with van der Waals surface area (Å²) >= 11 is 0. The zero-order valence-corrected chi connectivity index (χ0v) is 16.9. The topological polar surface area (TPSA) is 92.6 Å². The van der Waals surface area contributed by atoms with Gasteiger partial charge in [-0.25, -0.2) is 4.39 Å². The molecular formula is C20H25ClFN3O4. The van der Waals surface area contributed by atoms with Gasteiger partial charge in [-0.2, -0.15) is 0 Å². The zero-order chi connectivity index (χ0) is 20.0. The quantitative estimate of drug-likeness (QED) is 0.634. The first-order valence-corrected chi connectivity index (χ1v) is 9.14. The molecule has 0 spiro atoms. The van der Waals surface area contributed by atoms with Gasteiger partial charge in [-0.3, -0.25) is 9.59 Å². The van der Waals surface area contributed by atoms with E-state index in [4.69, 9.17) is 9.15 Å². The number of carbonyl (C=O) groups excluding carboxylic acids is 2. The molecule has 1 aromatic heterocycles. The molecule has 7 nitrogen and oxygen atoms in total. The van der Waals surface area contributed by atoms with Crippen LogP contribution in [-0.2, 0) is 4.74 Å². The van der Waals surface area contributed by atoms with Crippen molar-refractivity contribution in [3.8, 4) is 0 Å². The van der Waals surface area contributed by atoms with Gasteiger partial charge < -0.3 is 25.1 Å². The van der Waals surface area contributed by atoms with E-state index < -0.39 is 11.7 Å². The normalized spacial score (nSPS) is 15.2. The van der Waals surface area contributed by atoms with E-state index in [0.29, 0.717) is 13.2 Å². The van der Waals surface area contributed by atoms with Crippen LogP contribution in [0.25, 0.3) is 0 Å². The lowest BCUT2D eigenvalue weighted by Gasteiger charge is -2.37. The number of ether oxygens (including phenoxy) is 1. The lowest BCUT2D eigenvalue weighted by Crippen LogP contribution is -2.47. The zero-order valence-electron chi connectivity index (χ0n) is 16.1. The summed E-state index contributed by atoms with van der Waals surface area (Å²) in [4.78, 5) is 25.0. The molecule has 2 amide bonds. The van der Waals surface area contributed by atoms with E-state index >= 15 is 0 Å². The van der Waals surface area contributed by atoms with Crippen LogP contribution in [0.3, 0.4) is 0 Å². The van der Waals surface area contributed by atoms with Crippen LogP contribution in [0.1, 0.15) is 33.6 Å². The standard InChI is InChI=1S/C20H24FN3O4.ClH/c1-27-13-20(5-7-22-8-6-20)12-23-19(26)16-3-2-15(21)10-17(16)24-18(25)14-4-9-28-11-14;/h2-4,9-11,22H,5-8,12-13H2,1H3,(H,23,26)(H,24,25);1H. The van der Waals surface area contributed by atoms with Gasteiger partial charge in [0.25, 0.3) is 11.8 Å². The van der Waals surface area contributed by atoms with Crippen molar-refractivity contribution in [2.45, 2.75) is 12.8 Å². The van der Waals surface area contributed by atoms with E-state index in [1.54, 1.807) is 7.11 Å². The lowest BCUT2D eigenvalue weighted by molar-refractivity contribution is 0.0512. The van der Waals surface area contributed by atoms with Crippen LogP contribution >= 0.6 is 12.4 Å². The van der Waals surface area contributed by atoms with Gasteiger partial charge in [0.2, 0.25) is 0 Å². The van der Waals surface area contributed by atoms with Gasteiger partial charge in [-0.05, 0) is 50.2 Å². The molecule has 29 heavy (non-hydrogen) atoms.